The number of benzene rings is 1. The average molecular weight is 419 g/mol. The van der Waals surface area contributed by atoms with Crippen molar-refractivity contribution < 1.29 is 0 Å². The summed E-state index contributed by atoms with van der Waals surface area (Å²) in [4.78, 5) is 6.53. The highest BCUT2D eigenvalue weighted by molar-refractivity contribution is 14.0. The monoisotopic (exact) mass is 418 g/mol. The number of halogens is 2. The minimum Gasteiger partial charge on any atom is -0.370 e. The van der Waals surface area contributed by atoms with E-state index in [9.17, 15) is 0 Å². The molecule has 0 spiro atoms. The molecular formula is C15H20ClIN4. The summed E-state index contributed by atoms with van der Waals surface area (Å²) in [6, 6.07) is 8.62. The molecule has 114 valence electrons. The third kappa shape index (κ3) is 3.83. The summed E-state index contributed by atoms with van der Waals surface area (Å²) >= 11 is 5.99. The van der Waals surface area contributed by atoms with Crippen molar-refractivity contribution in [3.8, 4) is 0 Å². The Morgan fingerprint density at radius 2 is 2.19 bits per heavy atom. The zero-order valence-corrected chi connectivity index (χ0v) is 15.1. The number of guanidine groups is 1. The maximum absolute atomic E-state index is 5.99. The van der Waals surface area contributed by atoms with Crippen LogP contribution >= 0.6 is 35.6 Å². The summed E-state index contributed by atoms with van der Waals surface area (Å²) in [6.07, 6.45) is 4.53. The molecule has 0 radical (unpaired) electrons. The highest BCUT2D eigenvalue weighted by atomic mass is 127. The number of nitrogens with zero attached hydrogens (tertiary/aromatic N) is 3. The standard InChI is InChI=1S/C15H19ClN4.HI/c1-19(13-3-4-13)15(17)18-7-9-20-8-6-11-10-12(16)2-5-14(11)20;/h2,5-6,8,10,13H,3-4,7,9H2,1H3,(H2,17,18);1H. The van der Waals surface area contributed by atoms with Gasteiger partial charge in [0.1, 0.15) is 0 Å². The maximum Gasteiger partial charge on any atom is 0.191 e. The van der Waals surface area contributed by atoms with Gasteiger partial charge >= 0.3 is 0 Å². The Morgan fingerprint density at radius 3 is 2.90 bits per heavy atom. The summed E-state index contributed by atoms with van der Waals surface area (Å²) in [7, 11) is 2.02. The number of hydrogen-bond acceptors (Lipinski definition) is 1. The van der Waals surface area contributed by atoms with Gasteiger partial charge in [-0.05, 0) is 37.1 Å². The van der Waals surface area contributed by atoms with Crippen LogP contribution < -0.4 is 5.73 Å². The highest BCUT2D eigenvalue weighted by Crippen LogP contribution is 2.25. The molecule has 1 aliphatic carbocycles. The molecule has 1 aromatic carbocycles. The predicted molar refractivity (Wildman–Crippen MR) is 99.6 cm³/mol. The van der Waals surface area contributed by atoms with Crippen LogP contribution in [0.3, 0.4) is 0 Å². The fraction of sp³-hybridized carbons (Fsp3) is 0.400. The van der Waals surface area contributed by atoms with E-state index in [1.807, 2.05) is 25.2 Å². The van der Waals surface area contributed by atoms with E-state index in [0.29, 0.717) is 18.5 Å². The summed E-state index contributed by atoms with van der Waals surface area (Å²) < 4.78 is 2.18. The lowest BCUT2D eigenvalue weighted by molar-refractivity contribution is 0.486. The van der Waals surface area contributed by atoms with Crippen LogP contribution in [0.2, 0.25) is 5.02 Å². The van der Waals surface area contributed by atoms with Gasteiger partial charge < -0.3 is 15.2 Å². The SMILES string of the molecule is CN(C(N)=NCCn1ccc2cc(Cl)ccc21)C1CC1.I. The number of rotatable bonds is 4. The second-order valence-corrected chi connectivity index (χ2v) is 5.73. The van der Waals surface area contributed by atoms with Crippen LogP contribution in [0.4, 0.5) is 0 Å². The van der Waals surface area contributed by atoms with Gasteiger partial charge in [0.15, 0.2) is 5.96 Å². The van der Waals surface area contributed by atoms with Crippen LogP contribution in [-0.2, 0) is 6.54 Å². The Morgan fingerprint density at radius 1 is 1.43 bits per heavy atom. The van der Waals surface area contributed by atoms with Crippen LogP contribution in [0.25, 0.3) is 10.9 Å². The third-order valence-corrected chi connectivity index (χ3v) is 4.04. The second-order valence-electron chi connectivity index (χ2n) is 5.29. The van der Waals surface area contributed by atoms with Gasteiger partial charge in [0.2, 0.25) is 0 Å². The molecule has 6 heteroatoms. The molecule has 4 nitrogen and oxygen atoms in total. The van der Waals surface area contributed by atoms with Crippen molar-refractivity contribution in [3.05, 3.63) is 35.5 Å². The lowest BCUT2D eigenvalue weighted by Gasteiger charge is -2.16. The molecule has 1 saturated carbocycles. The lowest BCUT2D eigenvalue weighted by Crippen LogP contribution is -2.35. The molecule has 1 fully saturated rings. The van der Waals surface area contributed by atoms with Crippen molar-refractivity contribution in [1.82, 2.24) is 9.47 Å². The summed E-state index contributed by atoms with van der Waals surface area (Å²) in [6.45, 7) is 1.51. The third-order valence-electron chi connectivity index (χ3n) is 3.80. The van der Waals surface area contributed by atoms with Gasteiger partial charge in [0.25, 0.3) is 0 Å². The van der Waals surface area contributed by atoms with Gasteiger partial charge in [-0.15, -0.1) is 24.0 Å². The lowest BCUT2D eigenvalue weighted by atomic mass is 10.2. The largest absolute Gasteiger partial charge is 0.370 e. The van der Waals surface area contributed by atoms with Gasteiger partial charge in [-0.3, -0.25) is 4.99 Å². The molecule has 0 amide bonds. The molecule has 1 aliphatic rings. The summed E-state index contributed by atoms with van der Waals surface area (Å²) in [5.41, 5.74) is 7.16. The van der Waals surface area contributed by atoms with Gasteiger partial charge in [-0.25, -0.2) is 0 Å². The Balaban J connectivity index is 0.00000161. The molecule has 2 aromatic rings. The van der Waals surface area contributed by atoms with Gasteiger partial charge in [-0.2, -0.15) is 0 Å². The molecule has 0 saturated heterocycles. The number of fused-ring (bicyclic) bond motifs is 1. The zero-order chi connectivity index (χ0) is 14.1. The van der Waals surface area contributed by atoms with Crippen molar-refractivity contribution in [2.75, 3.05) is 13.6 Å². The molecule has 2 N–H and O–H groups in total. The van der Waals surface area contributed by atoms with Crippen LogP contribution in [0.1, 0.15) is 12.8 Å². The van der Waals surface area contributed by atoms with E-state index in [1.54, 1.807) is 0 Å². The van der Waals surface area contributed by atoms with Crippen LogP contribution in [0.15, 0.2) is 35.5 Å². The van der Waals surface area contributed by atoms with Crippen molar-refractivity contribution in [1.29, 1.82) is 0 Å². The van der Waals surface area contributed by atoms with Gasteiger partial charge in [0, 0.05) is 41.8 Å². The molecule has 21 heavy (non-hydrogen) atoms. The molecule has 0 atom stereocenters. The highest BCUT2D eigenvalue weighted by Gasteiger charge is 2.27. The van der Waals surface area contributed by atoms with E-state index >= 15 is 0 Å². The average Bonchev–Trinajstić information content (AvgIpc) is 3.21. The quantitative estimate of drug-likeness (QED) is 0.470. The number of aliphatic imine (C=N–C) groups is 1. The molecular weight excluding hydrogens is 399 g/mol. The number of nitrogens with two attached hydrogens (primary N) is 1. The van der Waals surface area contributed by atoms with E-state index in [1.165, 1.54) is 18.4 Å². The first-order chi connectivity index (χ1) is 9.65. The Hall–Kier alpha value is -0.950. The summed E-state index contributed by atoms with van der Waals surface area (Å²) in [5, 5.41) is 1.92. The fourth-order valence-corrected chi connectivity index (χ4v) is 2.58. The van der Waals surface area contributed by atoms with E-state index in [0.717, 1.165) is 17.0 Å². The summed E-state index contributed by atoms with van der Waals surface area (Å²) in [5.74, 6) is 0.645. The molecule has 0 unspecified atom stereocenters. The first-order valence-corrected chi connectivity index (χ1v) is 7.30. The first-order valence-electron chi connectivity index (χ1n) is 6.92. The molecule has 0 bridgehead atoms. The topological polar surface area (TPSA) is 46.5 Å². The van der Waals surface area contributed by atoms with E-state index in [-0.39, 0.29) is 24.0 Å². The Bertz CT molecular complexity index is 648. The van der Waals surface area contributed by atoms with Crippen molar-refractivity contribution in [2.45, 2.75) is 25.4 Å². The van der Waals surface area contributed by atoms with Crippen LogP contribution in [0, 0.1) is 0 Å². The molecule has 1 aromatic heterocycles. The number of hydrogen-bond donors (Lipinski definition) is 1. The Labute approximate surface area is 147 Å². The van der Waals surface area contributed by atoms with Crippen molar-refractivity contribution in [2.24, 2.45) is 10.7 Å². The minimum atomic E-state index is 0. The predicted octanol–water partition coefficient (Wildman–Crippen LogP) is 3.32. The maximum atomic E-state index is 5.99. The fourth-order valence-electron chi connectivity index (χ4n) is 2.40. The first kappa shape index (κ1) is 16.4. The molecule has 3 rings (SSSR count). The minimum absolute atomic E-state index is 0. The van der Waals surface area contributed by atoms with E-state index in [2.05, 4.69) is 26.7 Å². The molecule has 1 heterocycles. The normalized spacial score (nSPS) is 15.0. The van der Waals surface area contributed by atoms with Crippen molar-refractivity contribution >= 4 is 52.4 Å². The van der Waals surface area contributed by atoms with Crippen LogP contribution in [-0.4, -0.2) is 35.1 Å². The van der Waals surface area contributed by atoms with Crippen LogP contribution in [0.5, 0.6) is 0 Å². The smallest absolute Gasteiger partial charge is 0.191 e. The van der Waals surface area contributed by atoms with Crippen molar-refractivity contribution in [3.63, 3.8) is 0 Å². The number of aromatic nitrogens is 1. The Kier molecular flexibility index (Phi) is 5.37. The molecule has 0 aliphatic heterocycles. The zero-order valence-electron chi connectivity index (χ0n) is 12.0. The van der Waals surface area contributed by atoms with E-state index in [4.69, 9.17) is 17.3 Å². The van der Waals surface area contributed by atoms with Gasteiger partial charge in [0.05, 0.1) is 6.54 Å². The second kappa shape index (κ2) is 6.87. The van der Waals surface area contributed by atoms with Gasteiger partial charge in [-0.1, -0.05) is 11.6 Å². The van der Waals surface area contributed by atoms with E-state index < -0.39 is 0 Å².